The number of likely N-dealkylation sites (tertiary alicyclic amines) is 1. The SMILES string of the molecule is CCc1ccc2nc(C[C@H](CC(C)=O)C(=O)N[C@H](CCC(=O)/C=C/CN3CCCCC3)[C@@H](C)CC)sc2c1. The number of rotatable bonds is 15. The fourth-order valence-corrected chi connectivity index (χ4v) is 6.19. The van der Waals surface area contributed by atoms with Gasteiger partial charge in [-0.2, -0.15) is 0 Å². The van der Waals surface area contributed by atoms with Gasteiger partial charge >= 0.3 is 0 Å². The number of amides is 1. The Morgan fingerprint density at radius 3 is 2.61 bits per heavy atom. The molecule has 208 valence electrons. The number of carbonyl (C=O) groups is 3. The molecule has 3 rings (SSSR count). The van der Waals surface area contributed by atoms with E-state index in [1.54, 1.807) is 17.4 Å². The molecule has 0 bridgehead atoms. The minimum Gasteiger partial charge on any atom is -0.353 e. The molecule has 0 saturated carbocycles. The lowest BCUT2D eigenvalue weighted by Gasteiger charge is -2.26. The molecule has 7 heteroatoms. The van der Waals surface area contributed by atoms with Crippen molar-refractivity contribution < 1.29 is 14.4 Å². The maximum Gasteiger partial charge on any atom is 0.224 e. The van der Waals surface area contributed by atoms with E-state index >= 15 is 0 Å². The molecule has 1 amide bonds. The van der Waals surface area contributed by atoms with Crippen molar-refractivity contribution in [2.24, 2.45) is 11.8 Å². The molecule has 1 aliphatic heterocycles. The molecule has 1 aromatic carbocycles. The van der Waals surface area contributed by atoms with Crippen molar-refractivity contribution >= 4 is 39.0 Å². The molecule has 1 aromatic heterocycles. The lowest BCUT2D eigenvalue weighted by Crippen LogP contribution is -2.43. The fraction of sp³-hybridized carbons (Fsp3) is 0.613. The molecule has 1 N–H and O–H groups in total. The van der Waals surface area contributed by atoms with Crippen molar-refractivity contribution in [2.45, 2.75) is 91.5 Å². The van der Waals surface area contributed by atoms with E-state index < -0.39 is 5.92 Å². The highest BCUT2D eigenvalue weighted by Gasteiger charge is 2.27. The van der Waals surface area contributed by atoms with Crippen LogP contribution in [0, 0.1) is 11.8 Å². The highest BCUT2D eigenvalue weighted by molar-refractivity contribution is 7.18. The van der Waals surface area contributed by atoms with Gasteiger partial charge in [0.2, 0.25) is 5.91 Å². The second-order valence-corrected chi connectivity index (χ2v) is 12.0. The maximum absolute atomic E-state index is 13.4. The van der Waals surface area contributed by atoms with Gasteiger partial charge in [0.05, 0.1) is 21.1 Å². The normalized spacial score (nSPS) is 16.9. The number of piperidine rings is 1. The van der Waals surface area contributed by atoms with Crippen LogP contribution < -0.4 is 5.32 Å². The standard InChI is InChI=1S/C31H45N3O3S/c1-5-22(3)27(15-13-26(36)11-10-18-34-16-8-7-9-17-34)33-31(37)25(19-23(4)35)21-30-32-28-14-12-24(6-2)20-29(28)38-30/h10-12,14,20,22,25,27H,5-9,13,15-19,21H2,1-4H3,(H,33,37)/b11-10+/t22-,25-,27+/m0/s1. The summed E-state index contributed by atoms with van der Waals surface area (Å²) in [5.41, 5.74) is 2.20. The molecule has 1 saturated heterocycles. The third-order valence-electron chi connectivity index (χ3n) is 7.71. The Morgan fingerprint density at radius 2 is 1.92 bits per heavy atom. The summed E-state index contributed by atoms with van der Waals surface area (Å²) in [5, 5.41) is 4.09. The van der Waals surface area contributed by atoms with E-state index in [0.29, 0.717) is 19.3 Å². The van der Waals surface area contributed by atoms with E-state index in [9.17, 15) is 14.4 Å². The van der Waals surface area contributed by atoms with Crippen LogP contribution in [0.25, 0.3) is 10.2 Å². The molecular weight excluding hydrogens is 494 g/mol. The van der Waals surface area contributed by atoms with Crippen LogP contribution in [-0.2, 0) is 27.2 Å². The second-order valence-electron chi connectivity index (χ2n) is 10.8. The van der Waals surface area contributed by atoms with Crippen LogP contribution in [-0.4, -0.2) is 53.0 Å². The smallest absolute Gasteiger partial charge is 0.224 e. The summed E-state index contributed by atoms with van der Waals surface area (Å²) in [6.07, 6.45) is 11.0. The van der Waals surface area contributed by atoms with Gasteiger partial charge < -0.3 is 10.1 Å². The molecule has 0 spiro atoms. The van der Waals surface area contributed by atoms with E-state index in [1.165, 1.54) is 31.7 Å². The first-order valence-electron chi connectivity index (χ1n) is 14.4. The molecule has 0 unspecified atom stereocenters. The van der Waals surface area contributed by atoms with Crippen LogP contribution in [0.1, 0.15) is 83.2 Å². The Bertz CT molecular complexity index is 1100. The minimum absolute atomic E-state index is 0.00589. The van der Waals surface area contributed by atoms with E-state index in [-0.39, 0.29) is 35.9 Å². The van der Waals surface area contributed by atoms with Gasteiger partial charge in [-0.05, 0) is 75.4 Å². The summed E-state index contributed by atoms with van der Waals surface area (Å²) >= 11 is 1.60. The molecule has 2 aromatic rings. The van der Waals surface area contributed by atoms with Crippen molar-refractivity contribution in [1.82, 2.24) is 15.2 Å². The van der Waals surface area contributed by atoms with Crippen molar-refractivity contribution in [3.63, 3.8) is 0 Å². The van der Waals surface area contributed by atoms with Crippen LogP contribution in [0.3, 0.4) is 0 Å². The number of Topliss-reactive ketones (excluding diaryl/α,β-unsaturated/α-hetero) is 1. The predicted octanol–water partition coefficient (Wildman–Crippen LogP) is 5.92. The first kappa shape index (κ1) is 30.2. The summed E-state index contributed by atoms with van der Waals surface area (Å²) in [5.74, 6) is -0.256. The number of allylic oxidation sites excluding steroid dienone is 1. The number of aromatic nitrogens is 1. The number of nitrogens with zero attached hydrogens (tertiary/aromatic N) is 2. The van der Waals surface area contributed by atoms with Gasteiger partial charge in [-0.25, -0.2) is 4.98 Å². The lowest BCUT2D eigenvalue weighted by molar-refractivity contribution is -0.129. The summed E-state index contributed by atoms with van der Waals surface area (Å²) in [6, 6.07) is 6.18. The third kappa shape index (κ3) is 9.42. The van der Waals surface area contributed by atoms with Crippen LogP contribution in [0.4, 0.5) is 0 Å². The molecule has 1 fully saturated rings. The van der Waals surface area contributed by atoms with Crippen molar-refractivity contribution in [3.8, 4) is 0 Å². The molecular formula is C31H45N3O3S. The highest BCUT2D eigenvalue weighted by atomic mass is 32.1. The van der Waals surface area contributed by atoms with E-state index in [2.05, 4.69) is 43.1 Å². The average molecular weight is 540 g/mol. The van der Waals surface area contributed by atoms with Gasteiger partial charge in [0, 0.05) is 31.8 Å². The Balaban J connectivity index is 1.60. The Hall–Kier alpha value is -2.38. The minimum atomic E-state index is -0.467. The Kier molecular flexibility index (Phi) is 12.1. The highest BCUT2D eigenvalue weighted by Crippen LogP contribution is 2.27. The molecule has 6 nitrogen and oxygen atoms in total. The number of hydrogen-bond donors (Lipinski definition) is 1. The fourth-order valence-electron chi connectivity index (χ4n) is 5.08. The molecule has 2 heterocycles. The maximum atomic E-state index is 13.4. The number of aryl methyl sites for hydroxylation is 1. The zero-order valence-electron chi connectivity index (χ0n) is 23.6. The Morgan fingerprint density at radius 1 is 1.16 bits per heavy atom. The lowest BCUT2D eigenvalue weighted by atomic mass is 9.92. The number of carbonyl (C=O) groups excluding carboxylic acids is 3. The van der Waals surface area contributed by atoms with Crippen LogP contribution in [0.15, 0.2) is 30.4 Å². The molecule has 1 aliphatic rings. The topological polar surface area (TPSA) is 79.4 Å². The summed E-state index contributed by atoms with van der Waals surface area (Å²) < 4.78 is 1.12. The average Bonchev–Trinajstić information content (AvgIpc) is 3.31. The van der Waals surface area contributed by atoms with Crippen molar-refractivity contribution in [2.75, 3.05) is 19.6 Å². The van der Waals surface area contributed by atoms with Crippen LogP contribution in [0.5, 0.6) is 0 Å². The summed E-state index contributed by atoms with van der Waals surface area (Å²) in [7, 11) is 0. The summed E-state index contributed by atoms with van der Waals surface area (Å²) in [4.78, 5) is 45.2. The molecule has 3 atom stereocenters. The Labute approximate surface area is 232 Å². The number of ketones is 2. The van der Waals surface area contributed by atoms with Gasteiger partial charge in [0.15, 0.2) is 5.78 Å². The number of nitrogens with one attached hydrogen (secondary N) is 1. The first-order chi connectivity index (χ1) is 18.3. The van der Waals surface area contributed by atoms with Gasteiger partial charge in [0.1, 0.15) is 5.78 Å². The molecule has 38 heavy (non-hydrogen) atoms. The number of benzene rings is 1. The number of thiazole rings is 1. The summed E-state index contributed by atoms with van der Waals surface area (Å²) in [6.45, 7) is 10.9. The molecule has 0 radical (unpaired) electrons. The van der Waals surface area contributed by atoms with E-state index in [4.69, 9.17) is 4.98 Å². The monoisotopic (exact) mass is 539 g/mol. The van der Waals surface area contributed by atoms with Gasteiger partial charge in [-0.3, -0.25) is 14.5 Å². The number of fused-ring (bicyclic) bond motifs is 1. The van der Waals surface area contributed by atoms with Gasteiger partial charge in [0.25, 0.3) is 0 Å². The van der Waals surface area contributed by atoms with Crippen molar-refractivity contribution in [3.05, 3.63) is 40.9 Å². The first-order valence-corrected chi connectivity index (χ1v) is 15.2. The zero-order valence-corrected chi connectivity index (χ0v) is 24.4. The van der Waals surface area contributed by atoms with Gasteiger partial charge in [-0.1, -0.05) is 45.8 Å². The predicted molar refractivity (Wildman–Crippen MR) is 157 cm³/mol. The van der Waals surface area contributed by atoms with E-state index in [1.807, 2.05) is 12.1 Å². The molecule has 0 aliphatic carbocycles. The van der Waals surface area contributed by atoms with Crippen molar-refractivity contribution in [1.29, 1.82) is 0 Å². The van der Waals surface area contributed by atoms with Gasteiger partial charge in [-0.15, -0.1) is 11.3 Å². The largest absolute Gasteiger partial charge is 0.353 e. The third-order valence-corrected chi connectivity index (χ3v) is 8.75. The quantitative estimate of drug-likeness (QED) is 0.284. The van der Waals surface area contributed by atoms with Crippen LogP contribution in [0.2, 0.25) is 0 Å². The number of hydrogen-bond acceptors (Lipinski definition) is 6. The van der Waals surface area contributed by atoms with E-state index in [0.717, 1.165) is 47.7 Å². The van der Waals surface area contributed by atoms with Crippen LogP contribution >= 0.6 is 11.3 Å². The second kappa shape index (κ2) is 15.3. The zero-order chi connectivity index (χ0) is 27.5.